The van der Waals surface area contributed by atoms with E-state index in [9.17, 15) is 0 Å². The van der Waals surface area contributed by atoms with Crippen molar-refractivity contribution < 1.29 is 0 Å². The van der Waals surface area contributed by atoms with Gasteiger partial charge in [0.2, 0.25) is 5.28 Å². The standard InChI is InChI=1S/C19H19BrClN3S/c1-2-14-5-3-4-10-24(14)17-16-15(12-6-8-13(20)9-7-12)11-25-18(16)23-19(21)22-17/h6-9,11,14H,2-5,10H2,1H3. The van der Waals surface area contributed by atoms with Gasteiger partial charge in [0, 0.05) is 28.0 Å². The van der Waals surface area contributed by atoms with Gasteiger partial charge in [0.15, 0.2) is 0 Å². The molecule has 0 amide bonds. The van der Waals surface area contributed by atoms with E-state index in [-0.39, 0.29) is 0 Å². The first-order valence-electron chi connectivity index (χ1n) is 8.64. The van der Waals surface area contributed by atoms with Crippen molar-refractivity contribution in [3.8, 4) is 11.1 Å². The average Bonchev–Trinajstić information content (AvgIpc) is 3.05. The summed E-state index contributed by atoms with van der Waals surface area (Å²) in [7, 11) is 0. The highest BCUT2D eigenvalue weighted by atomic mass is 79.9. The van der Waals surface area contributed by atoms with Crippen LogP contribution in [0.5, 0.6) is 0 Å². The molecule has 1 aliphatic rings. The molecule has 1 unspecified atom stereocenters. The maximum Gasteiger partial charge on any atom is 0.225 e. The number of anilines is 1. The molecule has 3 aromatic rings. The maximum absolute atomic E-state index is 6.26. The molecule has 1 saturated heterocycles. The third-order valence-electron chi connectivity index (χ3n) is 4.91. The van der Waals surface area contributed by atoms with Crippen LogP contribution in [0.15, 0.2) is 34.1 Å². The number of benzene rings is 1. The van der Waals surface area contributed by atoms with Gasteiger partial charge in [-0.2, -0.15) is 4.98 Å². The Kier molecular flexibility index (Phi) is 4.98. The van der Waals surface area contributed by atoms with Gasteiger partial charge < -0.3 is 4.90 Å². The van der Waals surface area contributed by atoms with E-state index in [1.807, 2.05) is 0 Å². The molecule has 1 aliphatic heterocycles. The van der Waals surface area contributed by atoms with Gasteiger partial charge in [-0.3, -0.25) is 0 Å². The highest BCUT2D eigenvalue weighted by molar-refractivity contribution is 9.10. The minimum absolute atomic E-state index is 0.340. The second kappa shape index (κ2) is 7.22. The van der Waals surface area contributed by atoms with Crippen molar-refractivity contribution in [2.24, 2.45) is 0 Å². The van der Waals surface area contributed by atoms with Gasteiger partial charge in [0.25, 0.3) is 0 Å². The largest absolute Gasteiger partial charge is 0.353 e. The zero-order valence-corrected chi connectivity index (χ0v) is 17.2. The van der Waals surface area contributed by atoms with Crippen LogP contribution in [-0.2, 0) is 0 Å². The van der Waals surface area contributed by atoms with E-state index in [4.69, 9.17) is 11.6 Å². The van der Waals surface area contributed by atoms with Gasteiger partial charge in [-0.15, -0.1) is 11.3 Å². The monoisotopic (exact) mass is 435 g/mol. The van der Waals surface area contributed by atoms with Gasteiger partial charge in [-0.1, -0.05) is 35.0 Å². The molecule has 130 valence electrons. The van der Waals surface area contributed by atoms with E-state index in [0.717, 1.165) is 33.5 Å². The number of aromatic nitrogens is 2. The third kappa shape index (κ3) is 3.29. The Morgan fingerprint density at radius 1 is 1.24 bits per heavy atom. The molecule has 1 fully saturated rings. The van der Waals surface area contributed by atoms with Gasteiger partial charge >= 0.3 is 0 Å². The molecule has 3 nitrogen and oxygen atoms in total. The van der Waals surface area contributed by atoms with Crippen LogP contribution in [-0.4, -0.2) is 22.6 Å². The highest BCUT2D eigenvalue weighted by Crippen LogP contribution is 2.41. The summed E-state index contributed by atoms with van der Waals surface area (Å²) in [4.78, 5) is 12.6. The molecule has 4 rings (SSSR count). The van der Waals surface area contributed by atoms with E-state index in [2.05, 4.69) is 67.4 Å². The quantitative estimate of drug-likeness (QED) is 0.436. The molecule has 0 N–H and O–H groups in total. The fourth-order valence-corrected chi connectivity index (χ4v) is 5.07. The summed E-state index contributed by atoms with van der Waals surface area (Å²) >= 11 is 11.4. The van der Waals surface area contributed by atoms with Gasteiger partial charge in [-0.05, 0) is 55.0 Å². The highest BCUT2D eigenvalue weighted by Gasteiger charge is 2.26. The second-order valence-electron chi connectivity index (χ2n) is 6.40. The SMILES string of the molecule is CCC1CCCCN1c1nc(Cl)nc2scc(-c3ccc(Br)cc3)c12. The van der Waals surface area contributed by atoms with E-state index in [1.165, 1.54) is 30.4 Å². The van der Waals surface area contributed by atoms with Crippen molar-refractivity contribution in [3.05, 3.63) is 39.4 Å². The fraction of sp³-hybridized carbons (Fsp3) is 0.368. The summed E-state index contributed by atoms with van der Waals surface area (Å²) in [5, 5.41) is 3.65. The third-order valence-corrected chi connectivity index (χ3v) is 6.48. The van der Waals surface area contributed by atoms with Crippen molar-refractivity contribution in [1.82, 2.24) is 9.97 Å². The molecule has 0 bridgehead atoms. The van der Waals surface area contributed by atoms with Crippen LogP contribution < -0.4 is 4.90 Å². The van der Waals surface area contributed by atoms with Crippen molar-refractivity contribution in [3.63, 3.8) is 0 Å². The van der Waals surface area contributed by atoms with Crippen LogP contribution in [0.3, 0.4) is 0 Å². The van der Waals surface area contributed by atoms with E-state index in [1.54, 1.807) is 11.3 Å². The van der Waals surface area contributed by atoms with E-state index < -0.39 is 0 Å². The average molecular weight is 437 g/mol. The van der Waals surface area contributed by atoms with Gasteiger partial charge in [0.05, 0.1) is 5.39 Å². The number of fused-ring (bicyclic) bond motifs is 1. The Morgan fingerprint density at radius 2 is 2.04 bits per heavy atom. The fourth-order valence-electron chi connectivity index (χ4n) is 3.65. The summed E-state index contributed by atoms with van der Waals surface area (Å²) in [5.41, 5.74) is 2.38. The lowest BCUT2D eigenvalue weighted by Crippen LogP contribution is -2.39. The normalized spacial score (nSPS) is 18.0. The van der Waals surface area contributed by atoms with Gasteiger partial charge in [-0.25, -0.2) is 4.98 Å². The van der Waals surface area contributed by atoms with Crippen molar-refractivity contribution in [1.29, 1.82) is 0 Å². The molecule has 0 radical (unpaired) electrons. The lowest BCUT2D eigenvalue weighted by atomic mass is 9.99. The van der Waals surface area contributed by atoms with Gasteiger partial charge in [0.1, 0.15) is 10.6 Å². The van der Waals surface area contributed by atoms with Crippen molar-refractivity contribution >= 4 is 54.9 Å². The van der Waals surface area contributed by atoms with Crippen LogP contribution in [0.25, 0.3) is 21.3 Å². The predicted octanol–water partition coefficient (Wildman–Crippen LogP) is 6.54. The number of hydrogen-bond donors (Lipinski definition) is 0. The topological polar surface area (TPSA) is 29.0 Å². The molecule has 3 heterocycles. The Morgan fingerprint density at radius 3 is 2.80 bits per heavy atom. The zero-order chi connectivity index (χ0) is 17.4. The molecule has 1 aromatic carbocycles. The summed E-state index contributed by atoms with van der Waals surface area (Å²) in [6.45, 7) is 3.29. The Balaban J connectivity index is 1.90. The van der Waals surface area contributed by atoms with E-state index >= 15 is 0 Å². The van der Waals surface area contributed by atoms with E-state index in [0.29, 0.717) is 11.3 Å². The number of thiophene rings is 1. The summed E-state index contributed by atoms with van der Waals surface area (Å²) in [6, 6.07) is 8.95. The molecule has 0 aliphatic carbocycles. The molecule has 2 aromatic heterocycles. The second-order valence-corrected chi connectivity index (χ2v) is 8.52. The Labute approximate surface area is 165 Å². The Bertz CT molecular complexity index is 894. The minimum Gasteiger partial charge on any atom is -0.353 e. The van der Waals surface area contributed by atoms with Crippen LogP contribution in [0.4, 0.5) is 5.82 Å². The molecular formula is C19H19BrClN3S. The molecule has 6 heteroatoms. The first kappa shape index (κ1) is 17.3. The van der Waals surface area contributed by atoms with Crippen LogP contribution >= 0.6 is 38.9 Å². The van der Waals surface area contributed by atoms with Crippen LogP contribution in [0, 0.1) is 0 Å². The summed E-state index contributed by atoms with van der Waals surface area (Å²) in [5.74, 6) is 1.00. The number of piperidine rings is 1. The van der Waals surface area contributed by atoms with Crippen LogP contribution in [0.2, 0.25) is 5.28 Å². The van der Waals surface area contributed by atoms with Crippen molar-refractivity contribution in [2.75, 3.05) is 11.4 Å². The number of rotatable bonds is 3. The molecule has 0 spiro atoms. The maximum atomic E-state index is 6.26. The molecular weight excluding hydrogens is 418 g/mol. The Hall–Kier alpha value is -1.17. The first-order chi connectivity index (χ1) is 12.2. The number of halogens is 2. The van der Waals surface area contributed by atoms with Crippen LogP contribution in [0.1, 0.15) is 32.6 Å². The smallest absolute Gasteiger partial charge is 0.225 e. The molecule has 25 heavy (non-hydrogen) atoms. The van der Waals surface area contributed by atoms with Crippen molar-refractivity contribution in [2.45, 2.75) is 38.6 Å². The summed E-state index contributed by atoms with van der Waals surface area (Å²) in [6.07, 6.45) is 4.84. The zero-order valence-electron chi connectivity index (χ0n) is 14.0. The minimum atomic E-state index is 0.340. The lowest BCUT2D eigenvalue weighted by molar-refractivity contribution is 0.448. The number of hydrogen-bond acceptors (Lipinski definition) is 4. The lowest BCUT2D eigenvalue weighted by Gasteiger charge is -2.36. The molecule has 1 atom stereocenters. The molecule has 0 saturated carbocycles. The predicted molar refractivity (Wildman–Crippen MR) is 111 cm³/mol. The first-order valence-corrected chi connectivity index (χ1v) is 10.7. The summed E-state index contributed by atoms with van der Waals surface area (Å²) < 4.78 is 1.08. The number of nitrogens with zero attached hydrogens (tertiary/aromatic N) is 3.